The smallest absolute Gasteiger partial charge is 0.122 e. The normalized spacial score (nSPS) is 21.1. The van der Waals surface area contributed by atoms with Gasteiger partial charge in [-0.3, -0.25) is 4.90 Å². The average Bonchev–Trinajstić information content (AvgIpc) is 2.27. The zero-order valence-corrected chi connectivity index (χ0v) is 9.23. The maximum atomic E-state index is 9.27. The van der Waals surface area contributed by atoms with Gasteiger partial charge in [-0.15, -0.1) is 0 Å². The van der Waals surface area contributed by atoms with Crippen molar-refractivity contribution in [2.24, 2.45) is 0 Å². The molecular formula is C12H17NO2. The minimum absolute atomic E-state index is 0.202. The van der Waals surface area contributed by atoms with Crippen molar-refractivity contribution in [3.05, 3.63) is 29.3 Å². The van der Waals surface area contributed by atoms with Gasteiger partial charge in [0, 0.05) is 18.2 Å². The molecule has 0 spiro atoms. The molecule has 0 fully saturated rings. The summed E-state index contributed by atoms with van der Waals surface area (Å²) < 4.78 is 5.34. The third-order valence-electron chi connectivity index (χ3n) is 3.14. The van der Waals surface area contributed by atoms with Gasteiger partial charge in [0.15, 0.2) is 0 Å². The summed E-state index contributed by atoms with van der Waals surface area (Å²) >= 11 is 0. The Bertz CT molecular complexity index is 351. The van der Waals surface area contributed by atoms with Crippen molar-refractivity contribution in [2.75, 3.05) is 20.8 Å². The third-order valence-corrected chi connectivity index (χ3v) is 3.14. The van der Waals surface area contributed by atoms with E-state index in [1.807, 2.05) is 19.2 Å². The van der Waals surface area contributed by atoms with Crippen LogP contribution in [0.25, 0.3) is 0 Å². The molecular weight excluding hydrogens is 190 g/mol. The average molecular weight is 207 g/mol. The molecule has 1 atom stereocenters. The number of aliphatic hydroxyl groups excluding tert-OH is 1. The summed E-state index contributed by atoms with van der Waals surface area (Å²) in [5.41, 5.74) is 2.55. The Balaban J connectivity index is 2.36. The molecule has 1 aliphatic heterocycles. The second-order valence-electron chi connectivity index (χ2n) is 4.05. The Hall–Kier alpha value is -1.06. The van der Waals surface area contributed by atoms with Gasteiger partial charge in [0.05, 0.1) is 13.7 Å². The lowest BCUT2D eigenvalue weighted by Gasteiger charge is -2.33. The summed E-state index contributed by atoms with van der Waals surface area (Å²) in [5.74, 6) is 0.944. The number of rotatable bonds is 2. The van der Waals surface area contributed by atoms with Crippen molar-refractivity contribution in [1.29, 1.82) is 0 Å². The van der Waals surface area contributed by atoms with Crippen molar-refractivity contribution < 1.29 is 9.84 Å². The Kier molecular flexibility index (Phi) is 2.93. The fourth-order valence-corrected chi connectivity index (χ4v) is 2.18. The number of methoxy groups -OCH3 is 1. The molecule has 1 heterocycles. The Labute approximate surface area is 90.3 Å². The highest BCUT2D eigenvalue weighted by atomic mass is 16.5. The standard InChI is InChI=1S/C12H17NO2/c1-13-7-9-4-3-5-12(15-2)11(9)6-10(13)8-14/h3-5,10,14H,6-8H2,1-2H3/t10-/m1/s1. The van der Waals surface area contributed by atoms with E-state index in [-0.39, 0.29) is 12.6 Å². The van der Waals surface area contributed by atoms with E-state index in [1.165, 1.54) is 11.1 Å². The summed E-state index contributed by atoms with van der Waals surface area (Å²) in [5, 5.41) is 9.27. The molecule has 0 amide bonds. The van der Waals surface area contributed by atoms with Gasteiger partial charge >= 0.3 is 0 Å². The monoisotopic (exact) mass is 207 g/mol. The molecule has 0 saturated heterocycles. The topological polar surface area (TPSA) is 32.7 Å². The van der Waals surface area contributed by atoms with E-state index in [9.17, 15) is 5.11 Å². The van der Waals surface area contributed by atoms with E-state index >= 15 is 0 Å². The van der Waals surface area contributed by atoms with Gasteiger partial charge in [0.1, 0.15) is 5.75 Å². The molecule has 1 N–H and O–H groups in total. The van der Waals surface area contributed by atoms with Crippen LogP contribution in [0, 0.1) is 0 Å². The van der Waals surface area contributed by atoms with Crippen molar-refractivity contribution in [1.82, 2.24) is 4.90 Å². The van der Waals surface area contributed by atoms with Gasteiger partial charge in [-0.05, 0) is 25.1 Å². The van der Waals surface area contributed by atoms with Crippen LogP contribution >= 0.6 is 0 Å². The van der Waals surface area contributed by atoms with Gasteiger partial charge in [-0.25, -0.2) is 0 Å². The van der Waals surface area contributed by atoms with E-state index in [2.05, 4.69) is 11.0 Å². The van der Waals surface area contributed by atoms with Gasteiger partial charge < -0.3 is 9.84 Å². The van der Waals surface area contributed by atoms with Gasteiger partial charge in [-0.2, -0.15) is 0 Å². The zero-order valence-electron chi connectivity index (χ0n) is 9.23. The number of aliphatic hydroxyl groups is 1. The first-order chi connectivity index (χ1) is 7.26. The molecule has 1 aromatic rings. The Morgan fingerprint density at radius 3 is 3.00 bits per heavy atom. The molecule has 0 aliphatic carbocycles. The molecule has 0 unspecified atom stereocenters. The van der Waals surface area contributed by atoms with E-state index in [0.717, 1.165) is 18.7 Å². The Morgan fingerprint density at radius 1 is 1.53 bits per heavy atom. The number of ether oxygens (including phenoxy) is 1. The summed E-state index contributed by atoms with van der Waals surface area (Å²) in [4.78, 5) is 2.18. The molecule has 0 radical (unpaired) electrons. The number of nitrogens with zero attached hydrogens (tertiary/aromatic N) is 1. The summed E-state index contributed by atoms with van der Waals surface area (Å²) in [6.07, 6.45) is 0.867. The molecule has 3 heteroatoms. The lowest BCUT2D eigenvalue weighted by Crippen LogP contribution is -2.40. The lowest BCUT2D eigenvalue weighted by atomic mass is 9.94. The number of benzene rings is 1. The van der Waals surface area contributed by atoms with Crippen LogP contribution < -0.4 is 4.74 Å². The number of hydrogen-bond donors (Lipinski definition) is 1. The fourth-order valence-electron chi connectivity index (χ4n) is 2.18. The van der Waals surface area contributed by atoms with Crippen molar-refractivity contribution >= 4 is 0 Å². The van der Waals surface area contributed by atoms with Crippen LogP contribution in [0.2, 0.25) is 0 Å². The van der Waals surface area contributed by atoms with E-state index in [1.54, 1.807) is 7.11 Å². The highest BCUT2D eigenvalue weighted by Crippen LogP contribution is 2.29. The Morgan fingerprint density at radius 2 is 2.33 bits per heavy atom. The second-order valence-corrected chi connectivity index (χ2v) is 4.05. The van der Waals surface area contributed by atoms with Gasteiger partial charge in [0.2, 0.25) is 0 Å². The fraction of sp³-hybridized carbons (Fsp3) is 0.500. The maximum Gasteiger partial charge on any atom is 0.122 e. The highest BCUT2D eigenvalue weighted by molar-refractivity contribution is 5.42. The van der Waals surface area contributed by atoms with Gasteiger partial charge in [-0.1, -0.05) is 12.1 Å². The lowest BCUT2D eigenvalue weighted by molar-refractivity contribution is 0.130. The first kappa shape index (κ1) is 10.5. The van der Waals surface area contributed by atoms with Crippen LogP contribution in [0.15, 0.2) is 18.2 Å². The number of hydrogen-bond acceptors (Lipinski definition) is 3. The zero-order chi connectivity index (χ0) is 10.8. The molecule has 3 nitrogen and oxygen atoms in total. The minimum Gasteiger partial charge on any atom is -0.496 e. The molecule has 15 heavy (non-hydrogen) atoms. The second kappa shape index (κ2) is 4.21. The van der Waals surface area contributed by atoms with E-state index < -0.39 is 0 Å². The maximum absolute atomic E-state index is 9.27. The summed E-state index contributed by atoms with van der Waals surface area (Å²) in [7, 11) is 3.74. The first-order valence-corrected chi connectivity index (χ1v) is 5.22. The van der Waals surface area contributed by atoms with E-state index in [4.69, 9.17) is 4.74 Å². The highest BCUT2D eigenvalue weighted by Gasteiger charge is 2.24. The minimum atomic E-state index is 0.202. The van der Waals surface area contributed by atoms with Crippen molar-refractivity contribution in [2.45, 2.75) is 19.0 Å². The third kappa shape index (κ3) is 1.85. The van der Waals surface area contributed by atoms with Crippen LogP contribution in [0.5, 0.6) is 5.75 Å². The van der Waals surface area contributed by atoms with Crippen LogP contribution in [0.1, 0.15) is 11.1 Å². The van der Waals surface area contributed by atoms with E-state index in [0.29, 0.717) is 0 Å². The molecule has 82 valence electrons. The van der Waals surface area contributed by atoms with Crippen molar-refractivity contribution in [3.8, 4) is 5.75 Å². The van der Waals surface area contributed by atoms with Crippen molar-refractivity contribution in [3.63, 3.8) is 0 Å². The molecule has 0 saturated carbocycles. The molecule has 1 aromatic carbocycles. The summed E-state index contributed by atoms with van der Waals surface area (Å²) in [6.45, 7) is 1.09. The first-order valence-electron chi connectivity index (χ1n) is 5.22. The quantitative estimate of drug-likeness (QED) is 0.786. The number of likely N-dealkylation sites (N-methyl/N-ethyl adjacent to an activating group) is 1. The van der Waals surface area contributed by atoms with Crippen LogP contribution in [-0.4, -0.2) is 36.8 Å². The largest absolute Gasteiger partial charge is 0.496 e. The molecule has 0 aromatic heterocycles. The van der Waals surface area contributed by atoms with Crippen LogP contribution in [0.4, 0.5) is 0 Å². The summed E-state index contributed by atoms with van der Waals surface area (Å²) in [6, 6.07) is 6.35. The predicted octanol–water partition coefficient (Wildman–Crippen LogP) is 1.04. The molecule has 2 rings (SSSR count). The SMILES string of the molecule is COc1cccc2c1C[C@H](CO)N(C)C2. The van der Waals surface area contributed by atoms with Crippen LogP contribution in [0.3, 0.4) is 0 Å². The predicted molar refractivity (Wildman–Crippen MR) is 59.0 cm³/mol. The van der Waals surface area contributed by atoms with Crippen LogP contribution in [-0.2, 0) is 13.0 Å². The molecule has 0 bridgehead atoms. The van der Waals surface area contributed by atoms with Gasteiger partial charge in [0.25, 0.3) is 0 Å². The molecule has 1 aliphatic rings. The number of fused-ring (bicyclic) bond motifs is 1.